The minimum Gasteiger partial charge on any atom is -0.497 e. The van der Waals surface area contributed by atoms with Gasteiger partial charge in [0.2, 0.25) is 0 Å². The highest BCUT2D eigenvalue weighted by atomic mass is 16.5. The van der Waals surface area contributed by atoms with Crippen LogP contribution in [0.1, 0.15) is 0 Å². The molecule has 0 fully saturated rings. The molecular formula is C26H20N2O. The molecule has 29 heavy (non-hydrogen) atoms. The zero-order valence-corrected chi connectivity index (χ0v) is 16.1. The zero-order chi connectivity index (χ0) is 19.6. The fraction of sp³-hybridized carbons (Fsp3) is 0.0385. The number of rotatable bonds is 4. The van der Waals surface area contributed by atoms with Gasteiger partial charge in [-0.2, -0.15) is 0 Å². The second-order valence-electron chi connectivity index (χ2n) is 6.91. The number of fused-ring (bicyclic) bond motifs is 1. The van der Waals surface area contributed by atoms with Crippen LogP contribution in [0.25, 0.3) is 39.3 Å². The first-order chi connectivity index (χ1) is 14.3. The molecule has 2 heterocycles. The van der Waals surface area contributed by atoms with E-state index in [-0.39, 0.29) is 0 Å². The highest BCUT2D eigenvalue weighted by Gasteiger charge is 2.15. The molecule has 0 aliphatic rings. The third-order valence-corrected chi connectivity index (χ3v) is 5.16. The van der Waals surface area contributed by atoms with Crippen LogP contribution in [0, 0.1) is 0 Å². The summed E-state index contributed by atoms with van der Waals surface area (Å²) in [6.45, 7) is 0. The molecular weight excluding hydrogens is 356 g/mol. The maximum absolute atomic E-state index is 5.26. The Bertz CT molecular complexity index is 1250. The Morgan fingerprint density at radius 3 is 1.93 bits per heavy atom. The minimum absolute atomic E-state index is 0.863. The van der Waals surface area contributed by atoms with Crippen molar-refractivity contribution in [3.63, 3.8) is 0 Å². The van der Waals surface area contributed by atoms with Gasteiger partial charge in [0.25, 0.3) is 0 Å². The van der Waals surface area contributed by atoms with Crippen molar-refractivity contribution in [2.75, 3.05) is 7.11 Å². The number of pyridine rings is 1. The van der Waals surface area contributed by atoms with Gasteiger partial charge < -0.3 is 4.74 Å². The standard InChI is InChI=1S/C26H20N2O/c1-29-23-16-14-20(15-17-23)19-10-12-21(13-11-19)25-26(22-7-3-2-4-8-22)28-18-6-5-9-24(28)27-25/h2-18H,1H3. The molecule has 0 N–H and O–H groups in total. The Labute approximate surface area is 169 Å². The zero-order valence-electron chi connectivity index (χ0n) is 16.1. The largest absolute Gasteiger partial charge is 0.497 e. The predicted octanol–water partition coefficient (Wildman–Crippen LogP) is 6.34. The summed E-state index contributed by atoms with van der Waals surface area (Å²) < 4.78 is 7.41. The third-order valence-electron chi connectivity index (χ3n) is 5.16. The molecule has 3 aromatic carbocycles. The lowest BCUT2D eigenvalue weighted by Crippen LogP contribution is -1.89. The Hall–Kier alpha value is -3.85. The number of nitrogens with zero attached hydrogens (tertiary/aromatic N) is 2. The molecule has 0 amide bonds. The number of aromatic nitrogens is 2. The molecule has 5 rings (SSSR count). The fourth-order valence-electron chi connectivity index (χ4n) is 3.67. The first-order valence-corrected chi connectivity index (χ1v) is 9.61. The van der Waals surface area contributed by atoms with Crippen molar-refractivity contribution >= 4 is 5.65 Å². The van der Waals surface area contributed by atoms with Crippen LogP contribution in [0.3, 0.4) is 0 Å². The first kappa shape index (κ1) is 17.3. The van der Waals surface area contributed by atoms with E-state index in [9.17, 15) is 0 Å². The maximum atomic E-state index is 5.26. The maximum Gasteiger partial charge on any atom is 0.137 e. The lowest BCUT2D eigenvalue weighted by atomic mass is 10.0. The van der Waals surface area contributed by atoms with Crippen molar-refractivity contribution in [2.24, 2.45) is 0 Å². The molecule has 140 valence electrons. The highest BCUT2D eigenvalue weighted by molar-refractivity contribution is 5.83. The monoisotopic (exact) mass is 376 g/mol. The Balaban J connectivity index is 1.60. The van der Waals surface area contributed by atoms with Crippen molar-refractivity contribution in [1.29, 1.82) is 0 Å². The Kier molecular flexibility index (Phi) is 4.34. The fourth-order valence-corrected chi connectivity index (χ4v) is 3.67. The molecule has 0 aliphatic carbocycles. The van der Waals surface area contributed by atoms with Gasteiger partial charge in [-0.3, -0.25) is 4.40 Å². The van der Waals surface area contributed by atoms with Crippen molar-refractivity contribution in [2.45, 2.75) is 0 Å². The van der Waals surface area contributed by atoms with E-state index in [1.54, 1.807) is 7.11 Å². The van der Waals surface area contributed by atoms with Gasteiger partial charge in [0, 0.05) is 17.3 Å². The van der Waals surface area contributed by atoms with Gasteiger partial charge in [-0.05, 0) is 35.4 Å². The summed E-state index contributed by atoms with van der Waals surface area (Å²) in [6.07, 6.45) is 2.07. The van der Waals surface area contributed by atoms with E-state index in [0.717, 1.165) is 39.5 Å². The number of ether oxygens (including phenoxy) is 1. The second-order valence-corrected chi connectivity index (χ2v) is 6.91. The molecule has 3 heteroatoms. The molecule has 0 radical (unpaired) electrons. The predicted molar refractivity (Wildman–Crippen MR) is 118 cm³/mol. The van der Waals surface area contributed by atoms with Crippen LogP contribution < -0.4 is 4.74 Å². The van der Waals surface area contributed by atoms with E-state index in [1.807, 2.05) is 36.4 Å². The van der Waals surface area contributed by atoms with Gasteiger partial charge >= 0.3 is 0 Å². The number of benzene rings is 3. The van der Waals surface area contributed by atoms with Crippen LogP contribution in [-0.2, 0) is 0 Å². The molecule has 0 bridgehead atoms. The lowest BCUT2D eigenvalue weighted by molar-refractivity contribution is 0.415. The number of methoxy groups -OCH3 is 1. The summed E-state index contributed by atoms with van der Waals surface area (Å²) in [5.74, 6) is 0.863. The van der Waals surface area contributed by atoms with Gasteiger partial charge in [0.15, 0.2) is 0 Å². The molecule has 0 atom stereocenters. The van der Waals surface area contributed by atoms with E-state index in [4.69, 9.17) is 9.72 Å². The SMILES string of the molecule is COc1ccc(-c2ccc(-c3nc4ccccn4c3-c3ccccc3)cc2)cc1. The molecule has 3 nitrogen and oxygen atoms in total. The van der Waals surface area contributed by atoms with Gasteiger partial charge in [0.05, 0.1) is 18.5 Å². The second kappa shape index (κ2) is 7.28. The van der Waals surface area contributed by atoms with Crippen molar-refractivity contribution in [3.05, 3.63) is 103 Å². The van der Waals surface area contributed by atoms with Crippen molar-refractivity contribution in [3.8, 4) is 39.4 Å². The van der Waals surface area contributed by atoms with Crippen molar-refractivity contribution < 1.29 is 4.74 Å². The summed E-state index contributed by atoms with van der Waals surface area (Å²) in [5.41, 5.74) is 7.63. The molecule has 0 aliphatic heterocycles. The summed E-state index contributed by atoms with van der Waals surface area (Å²) >= 11 is 0. The molecule has 0 spiro atoms. The normalized spacial score (nSPS) is 10.9. The average Bonchev–Trinajstić information content (AvgIpc) is 3.19. The van der Waals surface area contributed by atoms with Crippen LogP contribution in [0.4, 0.5) is 0 Å². The van der Waals surface area contributed by atoms with E-state index in [2.05, 4.69) is 71.3 Å². The van der Waals surface area contributed by atoms with Gasteiger partial charge in [-0.1, -0.05) is 72.8 Å². The molecule has 5 aromatic rings. The summed E-state index contributed by atoms with van der Waals surface area (Å²) in [5, 5.41) is 0. The van der Waals surface area contributed by atoms with E-state index >= 15 is 0 Å². The Morgan fingerprint density at radius 1 is 0.621 bits per heavy atom. The topological polar surface area (TPSA) is 26.5 Å². The summed E-state index contributed by atoms with van der Waals surface area (Å²) in [7, 11) is 1.68. The first-order valence-electron chi connectivity index (χ1n) is 9.61. The van der Waals surface area contributed by atoms with Crippen LogP contribution in [0.5, 0.6) is 5.75 Å². The number of hydrogen-bond donors (Lipinski definition) is 0. The molecule has 0 saturated heterocycles. The van der Waals surface area contributed by atoms with E-state index < -0.39 is 0 Å². The molecule has 0 unspecified atom stereocenters. The minimum atomic E-state index is 0.863. The lowest BCUT2D eigenvalue weighted by Gasteiger charge is -2.07. The van der Waals surface area contributed by atoms with E-state index in [0.29, 0.717) is 0 Å². The van der Waals surface area contributed by atoms with Crippen molar-refractivity contribution in [1.82, 2.24) is 9.38 Å². The summed E-state index contributed by atoms with van der Waals surface area (Å²) in [4.78, 5) is 4.93. The smallest absolute Gasteiger partial charge is 0.137 e. The summed E-state index contributed by atoms with van der Waals surface area (Å²) in [6, 6.07) is 33.2. The van der Waals surface area contributed by atoms with Crippen LogP contribution in [0.15, 0.2) is 103 Å². The molecule has 0 saturated carbocycles. The van der Waals surface area contributed by atoms with Gasteiger partial charge in [-0.25, -0.2) is 4.98 Å². The quantitative estimate of drug-likeness (QED) is 0.366. The highest BCUT2D eigenvalue weighted by Crippen LogP contribution is 2.34. The number of hydrogen-bond acceptors (Lipinski definition) is 2. The van der Waals surface area contributed by atoms with Crippen LogP contribution in [0.2, 0.25) is 0 Å². The van der Waals surface area contributed by atoms with E-state index in [1.165, 1.54) is 5.56 Å². The number of imidazole rings is 1. The third kappa shape index (κ3) is 3.17. The average molecular weight is 376 g/mol. The Morgan fingerprint density at radius 2 is 1.24 bits per heavy atom. The molecule has 2 aromatic heterocycles. The van der Waals surface area contributed by atoms with Crippen LogP contribution in [-0.4, -0.2) is 16.5 Å². The van der Waals surface area contributed by atoms with Gasteiger partial charge in [0.1, 0.15) is 11.4 Å². The van der Waals surface area contributed by atoms with Crippen LogP contribution >= 0.6 is 0 Å². The van der Waals surface area contributed by atoms with Gasteiger partial charge in [-0.15, -0.1) is 0 Å².